The lowest BCUT2D eigenvalue weighted by atomic mass is 9.81. The zero-order valence-corrected chi connectivity index (χ0v) is 16.9. The summed E-state index contributed by atoms with van der Waals surface area (Å²) in [5, 5.41) is 0. The Balaban J connectivity index is 1.29. The number of piperidine rings is 1. The van der Waals surface area contributed by atoms with Crippen LogP contribution in [-0.4, -0.2) is 46.5 Å². The quantitative estimate of drug-likeness (QED) is 0.535. The van der Waals surface area contributed by atoms with E-state index in [1.807, 2.05) is 4.90 Å². The molecule has 5 rings (SSSR count). The van der Waals surface area contributed by atoms with Crippen molar-refractivity contribution in [3.8, 4) is 0 Å². The average molecular weight is 406 g/mol. The summed E-state index contributed by atoms with van der Waals surface area (Å²) < 4.78 is 0. The van der Waals surface area contributed by atoms with Gasteiger partial charge in [-0.25, -0.2) is 4.79 Å². The highest BCUT2D eigenvalue weighted by Crippen LogP contribution is 2.28. The summed E-state index contributed by atoms with van der Waals surface area (Å²) in [7, 11) is 0. The molecule has 2 aliphatic heterocycles. The van der Waals surface area contributed by atoms with Gasteiger partial charge in [0.1, 0.15) is 0 Å². The highest BCUT2D eigenvalue weighted by Gasteiger charge is 2.37. The largest absolute Gasteiger partial charge is 0.338 e. The highest BCUT2D eigenvalue weighted by atomic mass is 16.2. The lowest BCUT2D eigenvalue weighted by Crippen LogP contribution is -2.48. The number of rotatable bonds is 4. The van der Waals surface area contributed by atoms with Crippen molar-refractivity contribution in [2.75, 3.05) is 19.6 Å². The molecule has 7 heteroatoms. The van der Waals surface area contributed by atoms with Gasteiger partial charge in [-0.05, 0) is 54.9 Å². The molecule has 30 heavy (non-hydrogen) atoms. The fourth-order valence-electron chi connectivity index (χ4n) is 5.01. The zero-order valence-electron chi connectivity index (χ0n) is 16.9. The maximum atomic E-state index is 13.2. The molecule has 3 heterocycles. The number of likely N-dealkylation sites (tertiary alicyclic amines) is 1. The van der Waals surface area contributed by atoms with Crippen LogP contribution in [0, 0.1) is 11.8 Å². The van der Waals surface area contributed by atoms with E-state index in [0.717, 1.165) is 44.4 Å². The van der Waals surface area contributed by atoms with Gasteiger partial charge in [-0.1, -0.05) is 30.3 Å². The molecule has 0 radical (unpaired) electrons. The van der Waals surface area contributed by atoms with E-state index in [1.165, 1.54) is 5.56 Å². The molecule has 3 atom stereocenters. The first-order valence-electron chi connectivity index (χ1n) is 10.7. The number of nitrogens with zero attached hydrogens (tertiary/aromatic N) is 1. The molecule has 1 amide bonds. The Morgan fingerprint density at radius 2 is 1.90 bits per heavy atom. The number of nitrogens with one attached hydrogen (secondary N) is 4. The Kier molecular flexibility index (Phi) is 5.14. The summed E-state index contributed by atoms with van der Waals surface area (Å²) >= 11 is 0. The Morgan fingerprint density at radius 1 is 1.07 bits per heavy atom. The summed E-state index contributed by atoms with van der Waals surface area (Å²) in [6.07, 6.45) is 3.17. The predicted molar refractivity (Wildman–Crippen MR) is 116 cm³/mol. The van der Waals surface area contributed by atoms with Crippen molar-refractivity contribution in [3.63, 3.8) is 0 Å². The Morgan fingerprint density at radius 3 is 2.77 bits per heavy atom. The SMILES string of the molecule is O=C(c1ccc2[nH]c(=O)[nH]c2c1)N1CCCC(C2NNCC2Cc2ccccc2)C1. The molecule has 0 aliphatic carbocycles. The third-order valence-corrected chi connectivity index (χ3v) is 6.50. The van der Waals surface area contributed by atoms with Crippen LogP contribution in [-0.2, 0) is 6.42 Å². The molecular formula is C23H27N5O2. The topological polar surface area (TPSA) is 93.0 Å². The fourth-order valence-corrected chi connectivity index (χ4v) is 5.01. The van der Waals surface area contributed by atoms with Crippen LogP contribution >= 0.6 is 0 Å². The number of carbonyl (C=O) groups is 1. The van der Waals surface area contributed by atoms with Crippen molar-refractivity contribution >= 4 is 16.9 Å². The molecule has 3 aromatic rings. The molecule has 1 aromatic heterocycles. The molecule has 156 valence electrons. The summed E-state index contributed by atoms with van der Waals surface area (Å²) in [6.45, 7) is 2.48. The first kappa shape index (κ1) is 19.1. The van der Waals surface area contributed by atoms with Gasteiger partial charge in [0, 0.05) is 31.2 Å². The zero-order chi connectivity index (χ0) is 20.5. The normalized spacial score (nSPS) is 24.4. The monoisotopic (exact) mass is 405 g/mol. The summed E-state index contributed by atoms with van der Waals surface area (Å²) in [5.41, 5.74) is 9.96. The van der Waals surface area contributed by atoms with Crippen LogP contribution in [0.15, 0.2) is 53.3 Å². The lowest BCUT2D eigenvalue weighted by Gasteiger charge is -2.37. The molecule has 2 saturated heterocycles. The van der Waals surface area contributed by atoms with Crippen LogP contribution in [0.25, 0.3) is 11.0 Å². The van der Waals surface area contributed by atoms with E-state index in [2.05, 4.69) is 51.2 Å². The first-order chi connectivity index (χ1) is 14.7. The number of H-pyrrole nitrogens is 2. The van der Waals surface area contributed by atoms with E-state index in [0.29, 0.717) is 29.0 Å². The predicted octanol–water partition coefficient (Wildman–Crippen LogP) is 2.04. The second-order valence-electron chi connectivity index (χ2n) is 8.49. The Bertz CT molecular complexity index is 1090. The Labute approximate surface area is 174 Å². The third kappa shape index (κ3) is 3.78. The maximum Gasteiger partial charge on any atom is 0.323 e. The number of hydrazine groups is 1. The van der Waals surface area contributed by atoms with Gasteiger partial charge in [0.25, 0.3) is 5.91 Å². The average Bonchev–Trinajstić information content (AvgIpc) is 3.38. The lowest BCUT2D eigenvalue weighted by molar-refractivity contribution is 0.0635. The van der Waals surface area contributed by atoms with E-state index in [1.54, 1.807) is 18.2 Å². The molecule has 3 unspecified atom stereocenters. The molecular weight excluding hydrogens is 378 g/mol. The number of fused-ring (bicyclic) bond motifs is 1. The number of amides is 1. The van der Waals surface area contributed by atoms with Crippen LogP contribution in [0.1, 0.15) is 28.8 Å². The van der Waals surface area contributed by atoms with Crippen molar-refractivity contribution in [2.45, 2.75) is 25.3 Å². The number of hydrogen-bond acceptors (Lipinski definition) is 4. The van der Waals surface area contributed by atoms with Crippen molar-refractivity contribution in [1.82, 2.24) is 25.7 Å². The van der Waals surface area contributed by atoms with E-state index >= 15 is 0 Å². The molecule has 2 aromatic carbocycles. The van der Waals surface area contributed by atoms with Gasteiger partial charge in [0.2, 0.25) is 0 Å². The van der Waals surface area contributed by atoms with Gasteiger partial charge in [0.15, 0.2) is 0 Å². The second-order valence-corrected chi connectivity index (χ2v) is 8.49. The fraction of sp³-hybridized carbons (Fsp3) is 0.391. The van der Waals surface area contributed by atoms with E-state index in [9.17, 15) is 9.59 Å². The number of aromatic amines is 2. The number of aromatic nitrogens is 2. The standard InChI is InChI=1S/C23H27N5O2/c29-22(16-8-9-19-20(12-16)26-23(30)25-19)28-10-4-7-17(14-28)21-18(13-24-27-21)11-15-5-2-1-3-6-15/h1-3,5-6,8-9,12,17-18,21,24,27H,4,7,10-11,13-14H2,(H2,25,26,30). The summed E-state index contributed by atoms with van der Waals surface area (Å²) in [5.74, 6) is 0.963. The van der Waals surface area contributed by atoms with Crippen molar-refractivity contribution < 1.29 is 4.79 Å². The van der Waals surface area contributed by atoms with Gasteiger partial charge in [-0.2, -0.15) is 0 Å². The minimum absolute atomic E-state index is 0.0363. The molecule has 2 aliphatic rings. The highest BCUT2D eigenvalue weighted by molar-refractivity contribution is 5.97. The molecule has 0 saturated carbocycles. The van der Waals surface area contributed by atoms with Crippen LogP contribution in [0.5, 0.6) is 0 Å². The van der Waals surface area contributed by atoms with Crippen LogP contribution in [0.3, 0.4) is 0 Å². The van der Waals surface area contributed by atoms with Gasteiger partial charge in [-0.15, -0.1) is 0 Å². The number of benzene rings is 2. The smallest absolute Gasteiger partial charge is 0.323 e. The summed E-state index contributed by atoms with van der Waals surface area (Å²) in [4.78, 5) is 32.1. The van der Waals surface area contributed by atoms with Crippen molar-refractivity contribution in [3.05, 3.63) is 70.1 Å². The molecule has 0 spiro atoms. The van der Waals surface area contributed by atoms with Crippen LogP contribution in [0.4, 0.5) is 0 Å². The molecule has 4 N–H and O–H groups in total. The number of carbonyl (C=O) groups excluding carboxylic acids is 1. The van der Waals surface area contributed by atoms with Gasteiger partial charge in [-0.3, -0.25) is 15.6 Å². The minimum atomic E-state index is -0.253. The van der Waals surface area contributed by atoms with E-state index < -0.39 is 0 Å². The number of hydrogen-bond donors (Lipinski definition) is 4. The van der Waals surface area contributed by atoms with Gasteiger partial charge in [0.05, 0.1) is 11.0 Å². The Hall–Kier alpha value is -2.90. The minimum Gasteiger partial charge on any atom is -0.338 e. The van der Waals surface area contributed by atoms with Gasteiger partial charge >= 0.3 is 5.69 Å². The maximum absolute atomic E-state index is 13.2. The molecule has 7 nitrogen and oxygen atoms in total. The summed E-state index contributed by atoms with van der Waals surface area (Å²) in [6, 6.07) is 16.3. The first-order valence-corrected chi connectivity index (χ1v) is 10.7. The van der Waals surface area contributed by atoms with E-state index in [-0.39, 0.29) is 11.6 Å². The second kappa shape index (κ2) is 8.08. The molecule has 2 fully saturated rings. The van der Waals surface area contributed by atoms with Crippen LogP contribution < -0.4 is 16.5 Å². The van der Waals surface area contributed by atoms with Crippen molar-refractivity contribution in [2.24, 2.45) is 11.8 Å². The van der Waals surface area contributed by atoms with Crippen molar-refractivity contribution in [1.29, 1.82) is 0 Å². The van der Waals surface area contributed by atoms with E-state index in [4.69, 9.17) is 0 Å². The number of imidazole rings is 1. The third-order valence-electron chi connectivity index (χ3n) is 6.50. The van der Waals surface area contributed by atoms with Gasteiger partial charge < -0.3 is 14.9 Å². The molecule has 0 bridgehead atoms. The van der Waals surface area contributed by atoms with Crippen LogP contribution in [0.2, 0.25) is 0 Å².